The molecule has 3 heteroatoms. The molecule has 0 amide bonds. The Kier molecular flexibility index (Phi) is 4.77. The highest BCUT2D eigenvalue weighted by molar-refractivity contribution is 5.31. The van der Waals surface area contributed by atoms with Crippen molar-refractivity contribution in [3.63, 3.8) is 0 Å². The summed E-state index contributed by atoms with van der Waals surface area (Å²) in [5.41, 5.74) is 6.15. The van der Waals surface area contributed by atoms with E-state index in [9.17, 15) is 0 Å². The number of nitrogens with two attached hydrogens (primary N) is 1. The zero-order chi connectivity index (χ0) is 12.0. The van der Waals surface area contributed by atoms with Crippen LogP contribution in [0.2, 0.25) is 0 Å². The summed E-state index contributed by atoms with van der Waals surface area (Å²) in [7, 11) is 0. The van der Waals surface area contributed by atoms with E-state index in [1.54, 1.807) is 6.92 Å². The quantitative estimate of drug-likeness (QED) is 0.725. The van der Waals surface area contributed by atoms with Gasteiger partial charge in [0.15, 0.2) is 0 Å². The summed E-state index contributed by atoms with van der Waals surface area (Å²) >= 11 is 0. The molecule has 0 heterocycles. The second kappa shape index (κ2) is 5.87. The molecule has 0 spiro atoms. The van der Waals surface area contributed by atoms with Crippen LogP contribution >= 0.6 is 0 Å². The summed E-state index contributed by atoms with van der Waals surface area (Å²) in [5.74, 6) is 0.853. The fourth-order valence-electron chi connectivity index (χ4n) is 1.36. The first-order valence-electron chi connectivity index (χ1n) is 5.73. The van der Waals surface area contributed by atoms with E-state index in [4.69, 9.17) is 15.6 Å². The Morgan fingerprint density at radius 2 is 1.94 bits per heavy atom. The Bertz CT molecular complexity index is 306. The first kappa shape index (κ1) is 13.0. The minimum atomic E-state index is -0.679. The number of hydrogen-bond donors (Lipinski definition) is 2. The van der Waals surface area contributed by atoms with Gasteiger partial charge >= 0.3 is 0 Å². The van der Waals surface area contributed by atoms with E-state index in [2.05, 4.69) is 6.92 Å². The molecule has 0 saturated carbocycles. The SMILES string of the molecule is CCCCOc1ccc(C(C)(N)CO)cc1. The maximum atomic E-state index is 9.13. The lowest BCUT2D eigenvalue weighted by atomic mass is 9.94. The van der Waals surface area contributed by atoms with Gasteiger partial charge in [-0.2, -0.15) is 0 Å². The predicted molar refractivity (Wildman–Crippen MR) is 65.5 cm³/mol. The number of ether oxygens (including phenoxy) is 1. The van der Waals surface area contributed by atoms with Crippen molar-refractivity contribution in [1.82, 2.24) is 0 Å². The molecule has 1 unspecified atom stereocenters. The molecule has 0 bridgehead atoms. The molecule has 0 saturated heterocycles. The highest BCUT2D eigenvalue weighted by atomic mass is 16.5. The van der Waals surface area contributed by atoms with E-state index in [0.29, 0.717) is 0 Å². The first-order valence-corrected chi connectivity index (χ1v) is 5.73. The fraction of sp³-hybridized carbons (Fsp3) is 0.538. The Labute approximate surface area is 97.2 Å². The molecule has 0 aromatic heterocycles. The topological polar surface area (TPSA) is 55.5 Å². The Hall–Kier alpha value is -1.06. The minimum absolute atomic E-state index is 0.0664. The highest BCUT2D eigenvalue weighted by Crippen LogP contribution is 2.20. The second-order valence-corrected chi connectivity index (χ2v) is 4.30. The third-order valence-corrected chi connectivity index (χ3v) is 2.61. The fourth-order valence-corrected chi connectivity index (χ4v) is 1.36. The zero-order valence-corrected chi connectivity index (χ0v) is 10.1. The molecule has 3 N–H and O–H groups in total. The standard InChI is InChI=1S/C13H21NO2/c1-3-4-9-16-12-7-5-11(6-8-12)13(2,14)10-15/h5-8,15H,3-4,9-10,14H2,1-2H3. The van der Waals surface area contributed by atoms with E-state index in [1.807, 2.05) is 24.3 Å². The first-order chi connectivity index (χ1) is 7.60. The molecule has 1 aromatic carbocycles. The van der Waals surface area contributed by atoms with Crippen molar-refractivity contribution < 1.29 is 9.84 Å². The lowest BCUT2D eigenvalue weighted by molar-refractivity contribution is 0.210. The summed E-state index contributed by atoms with van der Waals surface area (Å²) in [5, 5.41) is 9.13. The molecule has 1 aromatic rings. The van der Waals surface area contributed by atoms with Gasteiger partial charge in [-0.05, 0) is 31.0 Å². The van der Waals surface area contributed by atoms with Gasteiger partial charge in [0.05, 0.1) is 18.8 Å². The van der Waals surface area contributed by atoms with Crippen LogP contribution in [0.15, 0.2) is 24.3 Å². The van der Waals surface area contributed by atoms with E-state index in [1.165, 1.54) is 0 Å². The van der Waals surface area contributed by atoms with Gasteiger partial charge < -0.3 is 15.6 Å². The van der Waals surface area contributed by atoms with Crippen LogP contribution in [-0.2, 0) is 5.54 Å². The third kappa shape index (κ3) is 3.51. The van der Waals surface area contributed by atoms with Crippen LogP contribution in [0, 0.1) is 0 Å². The minimum Gasteiger partial charge on any atom is -0.494 e. The molecule has 90 valence electrons. The largest absolute Gasteiger partial charge is 0.494 e. The van der Waals surface area contributed by atoms with Crippen molar-refractivity contribution in [2.24, 2.45) is 5.73 Å². The summed E-state index contributed by atoms with van der Waals surface area (Å²) in [6.07, 6.45) is 2.19. The van der Waals surface area contributed by atoms with Gasteiger partial charge in [-0.1, -0.05) is 25.5 Å². The van der Waals surface area contributed by atoms with Gasteiger partial charge in [0.1, 0.15) is 5.75 Å². The summed E-state index contributed by atoms with van der Waals surface area (Å²) < 4.78 is 5.54. The highest BCUT2D eigenvalue weighted by Gasteiger charge is 2.19. The van der Waals surface area contributed by atoms with Crippen molar-refractivity contribution in [2.45, 2.75) is 32.2 Å². The number of aliphatic hydroxyl groups is 1. The van der Waals surface area contributed by atoms with Gasteiger partial charge in [-0.25, -0.2) is 0 Å². The third-order valence-electron chi connectivity index (χ3n) is 2.61. The number of hydrogen-bond acceptors (Lipinski definition) is 3. The number of rotatable bonds is 6. The van der Waals surface area contributed by atoms with Crippen LogP contribution in [0.3, 0.4) is 0 Å². The van der Waals surface area contributed by atoms with Gasteiger partial charge in [-0.15, -0.1) is 0 Å². The van der Waals surface area contributed by atoms with Crippen LogP contribution in [0.5, 0.6) is 5.75 Å². The maximum absolute atomic E-state index is 9.13. The van der Waals surface area contributed by atoms with Crippen molar-refractivity contribution >= 4 is 0 Å². The van der Waals surface area contributed by atoms with Crippen LogP contribution in [-0.4, -0.2) is 18.3 Å². The van der Waals surface area contributed by atoms with Crippen LogP contribution in [0.1, 0.15) is 32.3 Å². The van der Waals surface area contributed by atoms with Gasteiger partial charge in [0.25, 0.3) is 0 Å². The Morgan fingerprint density at radius 3 is 2.44 bits per heavy atom. The van der Waals surface area contributed by atoms with E-state index in [-0.39, 0.29) is 6.61 Å². The van der Waals surface area contributed by atoms with E-state index < -0.39 is 5.54 Å². The van der Waals surface area contributed by atoms with Crippen molar-refractivity contribution in [1.29, 1.82) is 0 Å². The normalized spacial score (nSPS) is 14.5. The summed E-state index contributed by atoms with van der Waals surface area (Å²) in [6.45, 7) is 4.62. The molecular weight excluding hydrogens is 202 g/mol. The predicted octanol–water partition coefficient (Wildman–Crippen LogP) is 2.03. The van der Waals surface area contributed by atoms with Crippen molar-refractivity contribution in [3.05, 3.63) is 29.8 Å². The van der Waals surface area contributed by atoms with Crippen LogP contribution < -0.4 is 10.5 Å². The number of unbranched alkanes of at least 4 members (excludes halogenated alkanes) is 1. The lowest BCUT2D eigenvalue weighted by Crippen LogP contribution is -2.36. The maximum Gasteiger partial charge on any atom is 0.119 e. The number of aliphatic hydroxyl groups excluding tert-OH is 1. The van der Waals surface area contributed by atoms with E-state index in [0.717, 1.165) is 30.8 Å². The van der Waals surface area contributed by atoms with Crippen molar-refractivity contribution in [3.8, 4) is 5.75 Å². The molecule has 0 fully saturated rings. The molecule has 16 heavy (non-hydrogen) atoms. The van der Waals surface area contributed by atoms with Gasteiger partial charge in [0.2, 0.25) is 0 Å². The smallest absolute Gasteiger partial charge is 0.119 e. The van der Waals surface area contributed by atoms with Gasteiger partial charge in [-0.3, -0.25) is 0 Å². The zero-order valence-electron chi connectivity index (χ0n) is 10.1. The van der Waals surface area contributed by atoms with E-state index >= 15 is 0 Å². The molecule has 1 rings (SSSR count). The molecule has 1 atom stereocenters. The average molecular weight is 223 g/mol. The molecule has 0 aliphatic rings. The lowest BCUT2D eigenvalue weighted by Gasteiger charge is -2.22. The number of benzene rings is 1. The summed E-state index contributed by atoms with van der Waals surface area (Å²) in [4.78, 5) is 0. The van der Waals surface area contributed by atoms with Crippen molar-refractivity contribution in [2.75, 3.05) is 13.2 Å². The monoisotopic (exact) mass is 223 g/mol. The Morgan fingerprint density at radius 1 is 1.31 bits per heavy atom. The second-order valence-electron chi connectivity index (χ2n) is 4.30. The average Bonchev–Trinajstić information content (AvgIpc) is 2.30. The molecule has 0 aliphatic carbocycles. The molecular formula is C13H21NO2. The Balaban J connectivity index is 2.61. The van der Waals surface area contributed by atoms with Crippen LogP contribution in [0.4, 0.5) is 0 Å². The summed E-state index contributed by atoms with van der Waals surface area (Å²) in [6, 6.07) is 7.59. The molecule has 0 radical (unpaired) electrons. The van der Waals surface area contributed by atoms with Crippen LogP contribution in [0.25, 0.3) is 0 Å². The van der Waals surface area contributed by atoms with Gasteiger partial charge in [0, 0.05) is 0 Å². The molecule has 3 nitrogen and oxygen atoms in total. The molecule has 0 aliphatic heterocycles.